The van der Waals surface area contributed by atoms with Crippen LogP contribution in [-0.2, 0) is 11.2 Å². The lowest BCUT2D eigenvalue weighted by Crippen LogP contribution is -2.50. The molecule has 8 heteroatoms. The van der Waals surface area contributed by atoms with E-state index in [4.69, 9.17) is 4.74 Å². The van der Waals surface area contributed by atoms with Gasteiger partial charge in [0.15, 0.2) is 0 Å². The number of rotatable bonds is 12. The minimum Gasteiger partial charge on any atom is -0.457 e. The Kier molecular flexibility index (Phi) is 11.3. The van der Waals surface area contributed by atoms with Crippen LogP contribution in [-0.4, -0.2) is 52.4 Å². The summed E-state index contributed by atoms with van der Waals surface area (Å²) in [6.45, 7) is 11.8. The standard InChI is InChI=1S/C31H40N4O3S/c1-22(2)34(23(3)4)20-19-32-30(36)29(21-25-9-7-6-8-10-25)35(39)31(37)33-26-13-17-28(18-14-26)38-27-15-11-24(5)12-16-27/h6-18,22-23,29,39H,19-21H2,1-5H3,(H,32,36)(H,33,37)/t29-/m0/s1. The topological polar surface area (TPSA) is 73.9 Å². The van der Waals surface area contributed by atoms with Gasteiger partial charge >= 0.3 is 6.03 Å². The number of benzene rings is 3. The molecule has 0 aromatic heterocycles. The number of nitrogens with zero attached hydrogens (tertiary/aromatic N) is 2. The van der Waals surface area contributed by atoms with Gasteiger partial charge in [0.05, 0.1) is 0 Å². The van der Waals surface area contributed by atoms with Gasteiger partial charge in [-0.15, -0.1) is 0 Å². The summed E-state index contributed by atoms with van der Waals surface area (Å²) in [6, 6.07) is 23.9. The Bertz CT molecular complexity index is 1180. The first kappa shape index (κ1) is 30.1. The summed E-state index contributed by atoms with van der Waals surface area (Å²) in [7, 11) is 0. The third-order valence-corrected chi connectivity index (χ3v) is 6.90. The van der Waals surface area contributed by atoms with Crippen molar-refractivity contribution >= 4 is 30.4 Å². The zero-order valence-corrected chi connectivity index (χ0v) is 24.3. The van der Waals surface area contributed by atoms with E-state index in [2.05, 4.69) is 56.0 Å². The largest absolute Gasteiger partial charge is 0.457 e. The number of amides is 3. The van der Waals surface area contributed by atoms with Gasteiger partial charge in [0, 0.05) is 37.3 Å². The summed E-state index contributed by atoms with van der Waals surface area (Å²) in [5.41, 5.74) is 2.66. The molecule has 0 heterocycles. The molecule has 3 aromatic rings. The lowest BCUT2D eigenvalue weighted by atomic mass is 10.1. The fourth-order valence-electron chi connectivity index (χ4n) is 4.34. The van der Waals surface area contributed by atoms with Crippen LogP contribution in [0.3, 0.4) is 0 Å². The predicted octanol–water partition coefficient (Wildman–Crippen LogP) is 6.31. The van der Waals surface area contributed by atoms with Crippen molar-refractivity contribution in [3.8, 4) is 11.5 Å². The summed E-state index contributed by atoms with van der Waals surface area (Å²) < 4.78 is 7.03. The number of carbonyl (C=O) groups excluding carboxylic acids is 2. The minimum atomic E-state index is -0.800. The zero-order valence-electron chi connectivity index (χ0n) is 23.4. The molecule has 3 amide bonds. The summed E-state index contributed by atoms with van der Waals surface area (Å²) >= 11 is 4.47. The third kappa shape index (κ3) is 9.33. The quantitative estimate of drug-likeness (QED) is 0.232. The van der Waals surface area contributed by atoms with Crippen molar-refractivity contribution in [2.24, 2.45) is 0 Å². The lowest BCUT2D eigenvalue weighted by Gasteiger charge is -2.31. The SMILES string of the molecule is Cc1ccc(Oc2ccc(NC(=O)N(S)[C@@H](Cc3ccccc3)C(=O)NCCN(C(C)C)C(C)C)cc2)cc1. The van der Waals surface area contributed by atoms with Crippen LogP contribution in [0.5, 0.6) is 11.5 Å². The van der Waals surface area contributed by atoms with Crippen LogP contribution in [0.25, 0.3) is 0 Å². The molecule has 7 nitrogen and oxygen atoms in total. The first-order valence-electron chi connectivity index (χ1n) is 13.3. The lowest BCUT2D eigenvalue weighted by molar-refractivity contribution is -0.124. The number of ether oxygens (including phenoxy) is 1. The van der Waals surface area contributed by atoms with Crippen molar-refractivity contribution in [2.75, 3.05) is 18.4 Å². The Morgan fingerprint density at radius 2 is 1.41 bits per heavy atom. The molecule has 2 N–H and O–H groups in total. The maximum absolute atomic E-state index is 13.3. The van der Waals surface area contributed by atoms with Crippen LogP contribution in [0.2, 0.25) is 0 Å². The molecule has 0 radical (unpaired) electrons. The van der Waals surface area contributed by atoms with Crippen LogP contribution >= 0.6 is 12.8 Å². The van der Waals surface area contributed by atoms with Gasteiger partial charge in [0.1, 0.15) is 17.5 Å². The van der Waals surface area contributed by atoms with Crippen LogP contribution < -0.4 is 15.4 Å². The van der Waals surface area contributed by atoms with Crippen molar-refractivity contribution < 1.29 is 14.3 Å². The average molecular weight is 549 g/mol. The number of hydrogen-bond donors (Lipinski definition) is 3. The van der Waals surface area contributed by atoms with E-state index < -0.39 is 12.1 Å². The Hall–Kier alpha value is -3.49. The highest BCUT2D eigenvalue weighted by Crippen LogP contribution is 2.24. The van der Waals surface area contributed by atoms with E-state index in [9.17, 15) is 9.59 Å². The number of urea groups is 1. The second-order valence-electron chi connectivity index (χ2n) is 10.1. The smallest absolute Gasteiger partial charge is 0.332 e. The fraction of sp³-hybridized carbons (Fsp3) is 0.355. The van der Waals surface area contributed by atoms with Gasteiger partial charge in [0.2, 0.25) is 5.91 Å². The van der Waals surface area contributed by atoms with Gasteiger partial charge < -0.3 is 15.4 Å². The van der Waals surface area contributed by atoms with Gasteiger partial charge in [-0.1, -0.05) is 60.8 Å². The second-order valence-corrected chi connectivity index (χ2v) is 10.6. The normalized spacial score (nSPS) is 11.9. The Balaban J connectivity index is 1.65. The molecular weight excluding hydrogens is 508 g/mol. The van der Waals surface area contributed by atoms with Crippen molar-refractivity contribution in [1.82, 2.24) is 14.5 Å². The summed E-state index contributed by atoms with van der Waals surface area (Å²) in [5, 5.41) is 5.84. The highest BCUT2D eigenvalue weighted by atomic mass is 32.1. The summed E-state index contributed by atoms with van der Waals surface area (Å²) in [6.07, 6.45) is 0.338. The number of carbonyl (C=O) groups is 2. The van der Waals surface area contributed by atoms with Crippen LogP contribution in [0.4, 0.5) is 10.5 Å². The fourth-order valence-corrected chi connectivity index (χ4v) is 4.57. The molecule has 1 atom stereocenters. The van der Waals surface area contributed by atoms with Gasteiger partial charge in [0.25, 0.3) is 0 Å². The minimum absolute atomic E-state index is 0.252. The number of thiol groups is 1. The molecule has 208 valence electrons. The van der Waals surface area contributed by atoms with Crippen LogP contribution in [0, 0.1) is 6.92 Å². The number of anilines is 1. The van der Waals surface area contributed by atoms with E-state index >= 15 is 0 Å². The maximum atomic E-state index is 13.3. The first-order valence-corrected chi connectivity index (χ1v) is 13.7. The maximum Gasteiger partial charge on any atom is 0.332 e. The molecule has 0 aliphatic carbocycles. The van der Waals surface area contributed by atoms with Crippen molar-refractivity contribution in [2.45, 2.75) is 59.2 Å². The highest BCUT2D eigenvalue weighted by molar-refractivity contribution is 7.78. The molecule has 0 saturated heterocycles. The number of aryl methyl sites for hydroxylation is 1. The molecule has 0 bridgehead atoms. The summed E-state index contributed by atoms with van der Waals surface area (Å²) in [5.74, 6) is 1.13. The monoisotopic (exact) mass is 548 g/mol. The third-order valence-electron chi connectivity index (χ3n) is 6.44. The molecule has 0 unspecified atom stereocenters. The molecule has 0 fully saturated rings. The first-order chi connectivity index (χ1) is 18.6. The van der Waals surface area contributed by atoms with E-state index in [-0.39, 0.29) is 5.91 Å². The Morgan fingerprint density at radius 3 is 1.97 bits per heavy atom. The molecule has 0 aliphatic rings. The molecule has 39 heavy (non-hydrogen) atoms. The average Bonchev–Trinajstić information content (AvgIpc) is 2.91. The van der Waals surface area contributed by atoms with E-state index in [1.807, 2.05) is 61.5 Å². The molecule has 0 saturated carbocycles. The molecule has 3 aromatic carbocycles. The van der Waals surface area contributed by atoms with E-state index in [0.717, 1.165) is 23.4 Å². The molecule has 0 spiro atoms. The Morgan fingerprint density at radius 1 is 0.846 bits per heavy atom. The van der Waals surface area contributed by atoms with Crippen molar-refractivity contribution in [3.05, 3.63) is 90.0 Å². The highest BCUT2D eigenvalue weighted by Gasteiger charge is 2.28. The zero-order chi connectivity index (χ0) is 28.4. The van der Waals surface area contributed by atoms with E-state index in [0.29, 0.717) is 36.5 Å². The second kappa shape index (κ2) is 14.6. The summed E-state index contributed by atoms with van der Waals surface area (Å²) in [4.78, 5) is 28.7. The van der Waals surface area contributed by atoms with Crippen molar-refractivity contribution in [1.29, 1.82) is 0 Å². The predicted molar refractivity (Wildman–Crippen MR) is 161 cm³/mol. The van der Waals surface area contributed by atoms with Gasteiger partial charge in [-0.3, -0.25) is 14.0 Å². The van der Waals surface area contributed by atoms with Gasteiger partial charge in [-0.25, -0.2) is 4.79 Å². The number of nitrogens with one attached hydrogen (secondary N) is 2. The van der Waals surface area contributed by atoms with Crippen molar-refractivity contribution in [3.63, 3.8) is 0 Å². The molecular formula is C31H40N4O3S. The van der Waals surface area contributed by atoms with Crippen LogP contribution in [0.15, 0.2) is 78.9 Å². The van der Waals surface area contributed by atoms with Gasteiger partial charge in [-0.05, 0) is 76.6 Å². The van der Waals surface area contributed by atoms with E-state index in [1.54, 1.807) is 24.3 Å². The van der Waals surface area contributed by atoms with Gasteiger partial charge in [-0.2, -0.15) is 0 Å². The van der Waals surface area contributed by atoms with Crippen LogP contribution in [0.1, 0.15) is 38.8 Å². The number of hydrogen-bond acceptors (Lipinski definition) is 5. The molecule has 3 rings (SSSR count). The Labute approximate surface area is 238 Å². The molecule has 0 aliphatic heterocycles. The van der Waals surface area contributed by atoms with E-state index in [1.165, 1.54) is 4.31 Å².